The van der Waals surface area contributed by atoms with Gasteiger partial charge < -0.3 is 20.4 Å². The molecular weight excluding hydrogens is 293 g/mol. The molecule has 1 unspecified atom stereocenters. The van der Waals surface area contributed by atoms with E-state index in [2.05, 4.69) is 0 Å². The lowest BCUT2D eigenvalue weighted by molar-refractivity contribution is -0.203. The van der Waals surface area contributed by atoms with E-state index >= 15 is 0 Å². The number of rotatable bonds is 5. The number of aliphatic carboxylic acids is 1. The van der Waals surface area contributed by atoms with Crippen molar-refractivity contribution in [2.24, 2.45) is 0 Å². The zero-order chi connectivity index (χ0) is 16.3. The Balaban J connectivity index is 2.90. The molecular formula is C12H19F3N2O4. The van der Waals surface area contributed by atoms with E-state index in [0.717, 1.165) is 17.7 Å². The van der Waals surface area contributed by atoms with Crippen LogP contribution < -0.4 is 5.32 Å². The number of carboxylic acid groups (broad SMARTS) is 1. The van der Waals surface area contributed by atoms with Gasteiger partial charge in [-0.1, -0.05) is 12.8 Å². The Morgan fingerprint density at radius 3 is 2.19 bits per heavy atom. The number of alkyl halides is 3. The molecule has 0 aromatic carbocycles. The van der Waals surface area contributed by atoms with Gasteiger partial charge in [-0.2, -0.15) is 13.2 Å². The van der Waals surface area contributed by atoms with Crippen molar-refractivity contribution in [2.75, 3.05) is 13.2 Å². The minimum Gasteiger partial charge on any atom is -0.479 e. The van der Waals surface area contributed by atoms with Crippen molar-refractivity contribution in [1.29, 1.82) is 0 Å². The van der Waals surface area contributed by atoms with Crippen LogP contribution in [0.5, 0.6) is 0 Å². The number of aliphatic hydroxyl groups is 1. The fourth-order valence-electron chi connectivity index (χ4n) is 2.30. The molecule has 1 saturated carbocycles. The zero-order valence-corrected chi connectivity index (χ0v) is 11.6. The first-order valence-electron chi connectivity index (χ1n) is 6.63. The Morgan fingerprint density at radius 1 is 1.29 bits per heavy atom. The number of nitrogens with zero attached hydrogens (tertiary/aromatic N) is 1. The third-order valence-electron chi connectivity index (χ3n) is 3.72. The first-order chi connectivity index (χ1) is 9.63. The number of hydrogen-bond acceptors (Lipinski definition) is 3. The topological polar surface area (TPSA) is 89.9 Å². The predicted octanol–water partition coefficient (Wildman–Crippen LogP) is 1.34. The molecule has 3 N–H and O–H groups in total. The highest BCUT2D eigenvalue weighted by atomic mass is 19.4. The molecule has 0 radical (unpaired) electrons. The molecule has 0 aromatic heterocycles. The Labute approximate surface area is 119 Å². The molecule has 21 heavy (non-hydrogen) atoms. The van der Waals surface area contributed by atoms with Crippen LogP contribution in [0.4, 0.5) is 18.0 Å². The molecule has 0 heterocycles. The van der Waals surface area contributed by atoms with Crippen LogP contribution in [0.15, 0.2) is 0 Å². The second-order valence-corrected chi connectivity index (χ2v) is 5.21. The van der Waals surface area contributed by atoms with Crippen molar-refractivity contribution in [3.05, 3.63) is 0 Å². The second-order valence-electron chi connectivity index (χ2n) is 5.21. The smallest absolute Gasteiger partial charge is 0.422 e. The fourth-order valence-corrected chi connectivity index (χ4v) is 2.30. The molecule has 1 fully saturated rings. The maximum absolute atomic E-state index is 12.9. The van der Waals surface area contributed by atoms with E-state index in [4.69, 9.17) is 10.2 Å². The molecule has 122 valence electrons. The van der Waals surface area contributed by atoms with Crippen LogP contribution in [0, 0.1) is 0 Å². The van der Waals surface area contributed by atoms with Crippen molar-refractivity contribution in [2.45, 2.75) is 50.4 Å². The standard InChI is InChI=1S/C12H19F3N2O4/c1-11(9(19)20,12(13,14)15)16-10(21)17(6-7-18)8-4-2-3-5-8/h8,18H,2-7H2,1H3,(H,16,21)(H,19,20). The lowest BCUT2D eigenvalue weighted by Crippen LogP contribution is -2.64. The number of halogens is 3. The van der Waals surface area contributed by atoms with Crippen molar-refractivity contribution in [1.82, 2.24) is 10.2 Å². The van der Waals surface area contributed by atoms with E-state index in [1.54, 1.807) is 5.32 Å². The minimum absolute atomic E-state index is 0.135. The van der Waals surface area contributed by atoms with Gasteiger partial charge in [0.15, 0.2) is 0 Å². The number of amides is 2. The van der Waals surface area contributed by atoms with Crippen molar-refractivity contribution >= 4 is 12.0 Å². The van der Waals surface area contributed by atoms with Crippen LogP contribution in [0.1, 0.15) is 32.6 Å². The number of carbonyl (C=O) groups is 2. The summed E-state index contributed by atoms with van der Waals surface area (Å²) in [6, 6.07) is -1.40. The van der Waals surface area contributed by atoms with Gasteiger partial charge in [-0.3, -0.25) is 0 Å². The summed E-state index contributed by atoms with van der Waals surface area (Å²) < 4.78 is 38.6. The van der Waals surface area contributed by atoms with E-state index in [9.17, 15) is 22.8 Å². The molecule has 0 spiro atoms. The number of carboxylic acids is 1. The first kappa shape index (κ1) is 17.5. The van der Waals surface area contributed by atoms with Crippen LogP contribution in [0.3, 0.4) is 0 Å². The van der Waals surface area contributed by atoms with Crippen LogP contribution in [0.25, 0.3) is 0 Å². The second kappa shape index (κ2) is 6.50. The third-order valence-corrected chi connectivity index (χ3v) is 3.72. The molecule has 0 saturated heterocycles. The SMILES string of the molecule is CC(NC(=O)N(CCO)C1CCCC1)(C(=O)O)C(F)(F)F. The zero-order valence-electron chi connectivity index (χ0n) is 11.6. The molecule has 1 aliphatic rings. The van der Waals surface area contributed by atoms with Crippen molar-refractivity contribution in [3.63, 3.8) is 0 Å². The minimum atomic E-state index is -5.13. The summed E-state index contributed by atoms with van der Waals surface area (Å²) in [6.07, 6.45) is -2.19. The Morgan fingerprint density at radius 2 is 1.81 bits per heavy atom. The number of hydrogen-bond donors (Lipinski definition) is 3. The monoisotopic (exact) mass is 312 g/mol. The fraction of sp³-hybridized carbons (Fsp3) is 0.833. The van der Waals surface area contributed by atoms with Crippen molar-refractivity contribution in [3.8, 4) is 0 Å². The van der Waals surface area contributed by atoms with Gasteiger partial charge in [0.25, 0.3) is 0 Å². The normalized spacial score (nSPS) is 19.1. The largest absolute Gasteiger partial charge is 0.479 e. The molecule has 0 bridgehead atoms. The summed E-state index contributed by atoms with van der Waals surface area (Å²) in [5.41, 5.74) is -3.36. The van der Waals surface area contributed by atoms with Crippen LogP contribution >= 0.6 is 0 Å². The quantitative estimate of drug-likeness (QED) is 0.714. The molecule has 0 aromatic rings. The highest BCUT2D eigenvalue weighted by Gasteiger charge is 2.59. The number of carbonyl (C=O) groups excluding carboxylic acids is 1. The van der Waals surface area contributed by atoms with Gasteiger partial charge >= 0.3 is 18.2 Å². The summed E-state index contributed by atoms with van der Waals surface area (Å²) >= 11 is 0. The van der Waals surface area contributed by atoms with E-state index in [-0.39, 0.29) is 12.6 Å². The lowest BCUT2D eigenvalue weighted by Gasteiger charge is -2.34. The van der Waals surface area contributed by atoms with Gasteiger partial charge in [-0.15, -0.1) is 0 Å². The Kier molecular flexibility index (Phi) is 5.43. The van der Waals surface area contributed by atoms with Crippen molar-refractivity contribution < 1.29 is 33.0 Å². The van der Waals surface area contributed by atoms with Gasteiger partial charge in [-0.25, -0.2) is 9.59 Å². The molecule has 1 atom stereocenters. The Bertz CT molecular complexity index is 396. The average Bonchev–Trinajstić information content (AvgIpc) is 2.87. The Hall–Kier alpha value is -1.51. The van der Waals surface area contributed by atoms with Crippen LogP contribution in [0.2, 0.25) is 0 Å². The van der Waals surface area contributed by atoms with E-state index in [0.29, 0.717) is 19.8 Å². The van der Waals surface area contributed by atoms with Crippen LogP contribution in [-0.4, -0.2) is 58.0 Å². The number of aliphatic hydroxyl groups excluding tert-OH is 1. The third kappa shape index (κ3) is 3.78. The first-order valence-corrected chi connectivity index (χ1v) is 6.63. The van der Waals surface area contributed by atoms with E-state index in [1.165, 1.54) is 0 Å². The van der Waals surface area contributed by atoms with Gasteiger partial charge in [0.1, 0.15) is 0 Å². The van der Waals surface area contributed by atoms with Gasteiger partial charge in [0.05, 0.1) is 6.61 Å². The maximum Gasteiger partial charge on any atom is 0.422 e. The predicted molar refractivity (Wildman–Crippen MR) is 66.7 cm³/mol. The van der Waals surface area contributed by atoms with Gasteiger partial charge in [0, 0.05) is 12.6 Å². The molecule has 2 amide bonds. The summed E-state index contributed by atoms with van der Waals surface area (Å²) in [5, 5.41) is 19.3. The molecule has 1 rings (SSSR count). The summed E-state index contributed by atoms with van der Waals surface area (Å²) in [6.45, 7) is -0.136. The summed E-state index contributed by atoms with van der Waals surface area (Å²) in [5.74, 6) is -2.18. The summed E-state index contributed by atoms with van der Waals surface area (Å²) in [7, 11) is 0. The van der Waals surface area contributed by atoms with Gasteiger partial charge in [-0.05, 0) is 19.8 Å². The average molecular weight is 312 g/mol. The van der Waals surface area contributed by atoms with E-state index < -0.39 is 30.3 Å². The van der Waals surface area contributed by atoms with Gasteiger partial charge in [0.2, 0.25) is 5.54 Å². The number of nitrogens with one attached hydrogen (secondary N) is 1. The molecule has 1 aliphatic carbocycles. The summed E-state index contributed by atoms with van der Waals surface area (Å²) in [4.78, 5) is 24.0. The molecule has 9 heteroatoms. The molecule has 0 aliphatic heterocycles. The molecule has 6 nitrogen and oxygen atoms in total. The van der Waals surface area contributed by atoms with E-state index in [1.807, 2.05) is 0 Å². The van der Waals surface area contributed by atoms with Crippen LogP contribution in [-0.2, 0) is 4.79 Å². The highest BCUT2D eigenvalue weighted by molar-refractivity contribution is 5.87. The maximum atomic E-state index is 12.9. The number of urea groups is 1. The highest BCUT2D eigenvalue weighted by Crippen LogP contribution is 2.31. The lowest BCUT2D eigenvalue weighted by atomic mass is 10.0.